The van der Waals surface area contributed by atoms with Crippen molar-refractivity contribution in [2.24, 2.45) is 0 Å². The second-order valence-corrected chi connectivity index (χ2v) is 4.08. The second kappa shape index (κ2) is 9.61. The van der Waals surface area contributed by atoms with Crippen LogP contribution in [-0.4, -0.2) is 19.5 Å². The highest BCUT2D eigenvalue weighted by molar-refractivity contribution is 4.90. The largest absolute Gasteiger partial charge is 0.347 e. The molecule has 0 N–H and O–H groups in total. The van der Waals surface area contributed by atoms with E-state index in [9.17, 15) is 0 Å². The number of allylic oxidation sites excluding steroid dienone is 3. The van der Waals surface area contributed by atoms with E-state index in [1.54, 1.807) is 0 Å². The van der Waals surface area contributed by atoms with Gasteiger partial charge >= 0.3 is 0 Å². The molecule has 0 spiro atoms. The van der Waals surface area contributed by atoms with E-state index in [-0.39, 0.29) is 6.29 Å². The van der Waals surface area contributed by atoms with Crippen molar-refractivity contribution in [3.05, 3.63) is 24.3 Å². The van der Waals surface area contributed by atoms with Crippen LogP contribution in [-0.2, 0) is 9.47 Å². The topological polar surface area (TPSA) is 18.5 Å². The third-order valence-corrected chi connectivity index (χ3v) is 2.58. The maximum Gasteiger partial charge on any atom is 0.177 e. The lowest BCUT2D eigenvalue weighted by Crippen LogP contribution is -2.01. The molecule has 0 radical (unpaired) electrons. The lowest BCUT2D eigenvalue weighted by atomic mass is 10.2. The highest BCUT2D eigenvalue weighted by Gasteiger charge is 2.10. The van der Waals surface area contributed by atoms with Gasteiger partial charge in [0.1, 0.15) is 0 Å². The highest BCUT2D eigenvalue weighted by Crippen LogP contribution is 2.06. The fourth-order valence-corrected chi connectivity index (χ4v) is 1.64. The van der Waals surface area contributed by atoms with Gasteiger partial charge in [-0.2, -0.15) is 0 Å². The Morgan fingerprint density at radius 3 is 2.38 bits per heavy atom. The smallest absolute Gasteiger partial charge is 0.177 e. The van der Waals surface area contributed by atoms with Crippen LogP contribution in [0.25, 0.3) is 0 Å². The van der Waals surface area contributed by atoms with E-state index >= 15 is 0 Å². The predicted molar refractivity (Wildman–Crippen MR) is 67.3 cm³/mol. The first kappa shape index (κ1) is 13.5. The lowest BCUT2D eigenvalue weighted by molar-refractivity contribution is -0.00172. The zero-order valence-electron chi connectivity index (χ0n) is 10.4. The molecule has 0 unspecified atom stereocenters. The summed E-state index contributed by atoms with van der Waals surface area (Å²) in [5, 5.41) is 0. The van der Waals surface area contributed by atoms with Crippen LogP contribution >= 0.6 is 0 Å². The van der Waals surface area contributed by atoms with Crippen molar-refractivity contribution in [2.45, 2.75) is 51.7 Å². The van der Waals surface area contributed by atoms with Gasteiger partial charge in [0.05, 0.1) is 13.2 Å². The van der Waals surface area contributed by atoms with E-state index < -0.39 is 0 Å². The van der Waals surface area contributed by atoms with Crippen LogP contribution in [0.15, 0.2) is 24.3 Å². The normalized spacial score (nSPS) is 18.1. The average Bonchev–Trinajstić information content (AvgIpc) is 2.80. The fourth-order valence-electron chi connectivity index (χ4n) is 1.64. The number of hydrogen-bond donors (Lipinski definition) is 0. The minimum absolute atomic E-state index is 0.0893. The van der Waals surface area contributed by atoms with Gasteiger partial charge in [-0.15, -0.1) is 0 Å². The van der Waals surface area contributed by atoms with Crippen LogP contribution in [0.3, 0.4) is 0 Å². The van der Waals surface area contributed by atoms with Crippen molar-refractivity contribution >= 4 is 0 Å². The zero-order chi connectivity index (χ0) is 11.5. The Balaban J connectivity index is 1.90. The van der Waals surface area contributed by atoms with Crippen molar-refractivity contribution in [1.29, 1.82) is 0 Å². The maximum absolute atomic E-state index is 5.30. The third-order valence-electron chi connectivity index (χ3n) is 2.58. The Morgan fingerprint density at radius 2 is 1.62 bits per heavy atom. The Hall–Kier alpha value is -0.600. The summed E-state index contributed by atoms with van der Waals surface area (Å²) in [5.41, 5.74) is 0. The summed E-state index contributed by atoms with van der Waals surface area (Å²) in [6.45, 7) is 3.69. The summed E-state index contributed by atoms with van der Waals surface area (Å²) in [5.74, 6) is 0. The monoisotopic (exact) mass is 224 g/mol. The molecule has 0 bridgehead atoms. The fraction of sp³-hybridized carbons (Fsp3) is 0.714. The first-order chi connectivity index (χ1) is 7.93. The molecule has 0 atom stereocenters. The van der Waals surface area contributed by atoms with Crippen molar-refractivity contribution < 1.29 is 9.47 Å². The summed E-state index contributed by atoms with van der Waals surface area (Å²) >= 11 is 0. The molecule has 0 aromatic carbocycles. The standard InChI is InChI=1S/C14H24O2/c1-2-3-4-5-6-7-8-9-10-11-14-15-12-13-16-14/h6-7,10-11,14H,2-5,8-9,12-13H2,1H3/b7-6-,11-10+. The van der Waals surface area contributed by atoms with Crippen molar-refractivity contribution in [3.8, 4) is 0 Å². The van der Waals surface area contributed by atoms with Gasteiger partial charge in [-0.25, -0.2) is 0 Å². The molecule has 0 amide bonds. The van der Waals surface area contributed by atoms with Crippen molar-refractivity contribution in [1.82, 2.24) is 0 Å². The molecule has 1 aliphatic rings. The molecule has 92 valence electrons. The van der Waals surface area contributed by atoms with Crippen LogP contribution in [0.5, 0.6) is 0 Å². The molecule has 0 aromatic heterocycles. The summed E-state index contributed by atoms with van der Waals surface area (Å²) < 4.78 is 10.6. The van der Waals surface area contributed by atoms with Crippen molar-refractivity contribution in [2.75, 3.05) is 13.2 Å². The van der Waals surface area contributed by atoms with Gasteiger partial charge in [0.25, 0.3) is 0 Å². The van der Waals surface area contributed by atoms with E-state index in [1.807, 2.05) is 6.08 Å². The quantitative estimate of drug-likeness (QED) is 0.461. The second-order valence-electron chi connectivity index (χ2n) is 4.08. The van der Waals surface area contributed by atoms with Gasteiger partial charge in [-0.05, 0) is 31.8 Å². The third kappa shape index (κ3) is 6.81. The molecule has 2 nitrogen and oxygen atoms in total. The molecule has 1 saturated heterocycles. The number of unbranched alkanes of at least 4 members (excludes halogenated alkanes) is 4. The molecule has 2 heteroatoms. The van der Waals surface area contributed by atoms with Gasteiger partial charge in [-0.3, -0.25) is 0 Å². The molecule has 1 fully saturated rings. The molecule has 0 aromatic rings. The zero-order valence-corrected chi connectivity index (χ0v) is 10.4. The first-order valence-electron chi connectivity index (χ1n) is 6.48. The molecule has 1 rings (SSSR count). The van der Waals surface area contributed by atoms with Crippen LogP contribution < -0.4 is 0 Å². The Bertz CT molecular complexity index is 203. The van der Waals surface area contributed by atoms with Gasteiger partial charge in [0.2, 0.25) is 0 Å². The minimum atomic E-state index is -0.0893. The highest BCUT2D eigenvalue weighted by atomic mass is 16.7. The lowest BCUT2D eigenvalue weighted by Gasteiger charge is -2.00. The van der Waals surface area contributed by atoms with E-state index in [0.29, 0.717) is 0 Å². The van der Waals surface area contributed by atoms with Gasteiger partial charge < -0.3 is 9.47 Å². The van der Waals surface area contributed by atoms with Crippen LogP contribution in [0.1, 0.15) is 45.4 Å². The predicted octanol–water partition coefficient (Wildman–Crippen LogP) is 3.83. The van der Waals surface area contributed by atoms with Gasteiger partial charge in [0.15, 0.2) is 6.29 Å². The number of ether oxygens (including phenoxy) is 2. The van der Waals surface area contributed by atoms with Gasteiger partial charge in [0, 0.05) is 0 Å². The van der Waals surface area contributed by atoms with Crippen molar-refractivity contribution in [3.63, 3.8) is 0 Å². The Morgan fingerprint density at radius 1 is 0.938 bits per heavy atom. The van der Waals surface area contributed by atoms with E-state index in [1.165, 1.54) is 25.7 Å². The molecule has 16 heavy (non-hydrogen) atoms. The molecular weight excluding hydrogens is 200 g/mol. The summed E-state index contributed by atoms with van der Waals surface area (Å²) in [6.07, 6.45) is 16.0. The first-order valence-corrected chi connectivity index (χ1v) is 6.48. The van der Waals surface area contributed by atoms with E-state index in [4.69, 9.17) is 9.47 Å². The molecule has 1 aliphatic heterocycles. The minimum Gasteiger partial charge on any atom is -0.347 e. The van der Waals surface area contributed by atoms with Gasteiger partial charge in [-0.1, -0.05) is 38.0 Å². The van der Waals surface area contributed by atoms with Crippen LogP contribution in [0.2, 0.25) is 0 Å². The number of hydrogen-bond acceptors (Lipinski definition) is 2. The molecule has 0 aliphatic carbocycles. The van der Waals surface area contributed by atoms with E-state index in [2.05, 4.69) is 25.2 Å². The Kier molecular flexibility index (Phi) is 8.09. The number of rotatable bonds is 8. The van der Waals surface area contributed by atoms with E-state index in [0.717, 1.165) is 26.1 Å². The Labute approximate surface area is 99.3 Å². The molecular formula is C14H24O2. The van der Waals surface area contributed by atoms with Crippen LogP contribution in [0, 0.1) is 0 Å². The summed E-state index contributed by atoms with van der Waals surface area (Å²) in [7, 11) is 0. The SMILES string of the molecule is CCCCC/C=C\CC/C=C/C1OCCO1. The summed E-state index contributed by atoms with van der Waals surface area (Å²) in [4.78, 5) is 0. The average molecular weight is 224 g/mol. The maximum atomic E-state index is 5.30. The molecule has 0 saturated carbocycles. The molecule has 1 heterocycles. The van der Waals surface area contributed by atoms with Crippen LogP contribution in [0.4, 0.5) is 0 Å². The summed E-state index contributed by atoms with van der Waals surface area (Å²) in [6, 6.07) is 0.